The Morgan fingerprint density at radius 1 is 1.44 bits per heavy atom. The molecule has 18 heavy (non-hydrogen) atoms. The Bertz CT molecular complexity index is 261. The largest absolute Gasteiger partial charge is 0.444 e. The summed E-state index contributed by atoms with van der Waals surface area (Å²) in [5.74, 6) is 0.811. The number of ether oxygens (including phenoxy) is 1. The molecule has 1 unspecified atom stereocenters. The number of amides is 1. The lowest BCUT2D eigenvalue weighted by Gasteiger charge is -2.19. The van der Waals surface area contributed by atoms with Crippen molar-refractivity contribution in [2.24, 2.45) is 5.92 Å². The molecule has 1 saturated heterocycles. The van der Waals surface area contributed by atoms with E-state index < -0.39 is 5.60 Å². The van der Waals surface area contributed by atoms with Crippen molar-refractivity contribution in [3.8, 4) is 0 Å². The third-order valence-corrected chi connectivity index (χ3v) is 3.27. The number of likely N-dealkylation sites (tertiary alicyclic amines) is 1. The van der Waals surface area contributed by atoms with Crippen molar-refractivity contribution in [1.82, 2.24) is 10.2 Å². The third kappa shape index (κ3) is 6.24. The highest BCUT2D eigenvalue weighted by molar-refractivity contribution is 5.67. The van der Waals surface area contributed by atoms with Crippen molar-refractivity contribution in [3.63, 3.8) is 0 Å². The first-order chi connectivity index (χ1) is 8.40. The maximum absolute atomic E-state index is 11.4. The Morgan fingerprint density at radius 3 is 2.72 bits per heavy atom. The minimum absolute atomic E-state index is 0.302. The molecule has 4 heteroatoms. The molecule has 0 aliphatic carbocycles. The van der Waals surface area contributed by atoms with Gasteiger partial charge >= 0.3 is 6.09 Å². The van der Waals surface area contributed by atoms with Crippen LogP contribution in [0.15, 0.2) is 0 Å². The van der Waals surface area contributed by atoms with Gasteiger partial charge in [-0.05, 0) is 59.0 Å². The smallest absolute Gasteiger partial charge is 0.407 e. The van der Waals surface area contributed by atoms with E-state index in [4.69, 9.17) is 4.74 Å². The highest BCUT2D eigenvalue weighted by atomic mass is 16.6. The van der Waals surface area contributed by atoms with Gasteiger partial charge in [0.25, 0.3) is 0 Å². The Kier molecular flexibility index (Phi) is 5.93. The molecule has 1 heterocycles. The predicted octanol–water partition coefficient (Wildman–Crippen LogP) is 2.63. The highest BCUT2D eigenvalue weighted by Crippen LogP contribution is 2.20. The molecule has 0 spiro atoms. The van der Waals surface area contributed by atoms with Gasteiger partial charge in [-0.3, -0.25) is 0 Å². The number of alkyl carbamates (subject to hydrolysis) is 1. The molecule has 1 rings (SSSR count). The molecule has 0 radical (unpaired) electrons. The van der Waals surface area contributed by atoms with Crippen LogP contribution in [-0.4, -0.2) is 42.8 Å². The zero-order chi connectivity index (χ0) is 13.6. The fourth-order valence-corrected chi connectivity index (χ4v) is 2.33. The molecule has 0 aromatic heterocycles. The summed E-state index contributed by atoms with van der Waals surface area (Å²) < 4.78 is 5.19. The van der Waals surface area contributed by atoms with Gasteiger partial charge in [0, 0.05) is 13.1 Å². The molecule has 106 valence electrons. The van der Waals surface area contributed by atoms with Crippen LogP contribution in [0.25, 0.3) is 0 Å². The van der Waals surface area contributed by atoms with E-state index in [-0.39, 0.29) is 6.09 Å². The fourth-order valence-electron chi connectivity index (χ4n) is 2.33. The molecular formula is C14H28N2O2. The number of hydrogen-bond donors (Lipinski definition) is 1. The van der Waals surface area contributed by atoms with E-state index in [2.05, 4.69) is 17.1 Å². The van der Waals surface area contributed by atoms with E-state index in [0.29, 0.717) is 0 Å². The molecule has 0 aromatic carbocycles. The van der Waals surface area contributed by atoms with Gasteiger partial charge in [0.2, 0.25) is 0 Å². The number of nitrogens with one attached hydrogen (secondary N) is 1. The lowest BCUT2D eigenvalue weighted by Crippen LogP contribution is -2.33. The first-order valence-corrected chi connectivity index (χ1v) is 7.10. The second-order valence-corrected chi connectivity index (χ2v) is 6.12. The number of carbonyl (C=O) groups excluding carboxylic acids is 1. The number of hydrogen-bond acceptors (Lipinski definition) is 3. The highest BCUT2D eigenvalue weighted by Gasteiger charge is 2.20. The first-order valence-electron chi connectivity index (χ1n) is 7.10. The van der Waals surface area contributed by atoms with Crippen molar-refractivity contribution in [1.29, 1.82) is 0 Å². The van der Waals surface area contributed by atoms with Crippen LogP contribution in [0.1, 0.15) is 47.0 Å². The lowest BCUT2D eigenvalue weighted by atomic mass is 10.0. The van der Waals surface area contributed by atoms with Gasteiger partial charge < -0.3 is 15.0 Å². The van der Waals surface area contributed by atoms with Gasteiger partial charge in [-0.25, -0.2) is 4.79 Å². The fraction of sp³-hybridized carbons (Fsp3) is 0.929. The quantitative estimate of drug-likeness (QED) is 0.769. The van der Waals surface area contributed by atoms with Crippen LogP contribution < -0.4 is 5.32 Å². The van der Waals surface area contributed by atoms with Crippen molar-refractivity contribution in [2.45, 2.75) is 52.6 Å². The van der Waals surface area contributed by atoms with Gasteiger partial charge in [0.1, 0.15) is 5.60 Å². The summed E-state index contributed by atoms with van der Waals surface area (Å²) in [6.45, 7) is 12.2. The van der Waals surface area contributed by atoms with Crippen molar-refractivity contribution in [2.75, 3.05) is 26.2 Å². The van der Waals surface area contributed by atoms with E-state index in [1.807, 2.05) is 20.8 Å². The predicted molar refractivity (Wildman–Crippen MR) is 73.7 cm³/mol. The summed E-state index contributed by atoms with van der Waals surface area (Å²) in [6.07, 6.45) is 3.25. The van der Waals surface area contributed by atoms with Crippen molar-refractivity contribution >= 4 is 6.09 Å². The van der Waals surface area contributed by atoms with Gasteiger partial charge in [0.05, 0.1) is 0 Å². The SMILES string of the molecule is CCN1CCC(CCCNC(=O)OC(C)(C)C)C1. The Morgan fingerprint density at radius 2 is 2.17 bits per heavy atom. The summed E-state index contributed by atoms with van der Waals surface area (Å²) in [7, 11) is 0. The van der Waals surface area contributed by atoms with Crippen LogP contribution in [0.3, 0.4) is 0 Å². The second-order valence-electron chi connectivity index (χ2n) is 6.12. The van der Waals surface area contributed by atoms with Crippen LogP contribution in [0, 0.1) is 5.92 Å². The van der Waals surface area contributed by atoms with Gasteiger partial charge in [-0.1, -0.05) is 6.92 Å². The zero-order valence-corrected chi connectivity index (χ0v) is 12.3. The minimum Gasteiger partial charge on any atom is -0.444 e. The first kappa shape index (κ1) is 15.3. The van der Waals surface area contributed by atoms with Crippen molar-refractivity contribution < 1.29 is 9.53 Å². The molecular weight excluding hydrogens is 228 g/mol. The van der Waals surface area contributed by atoms with Crippen LogP contribution in [0.4, 0.5) is 4.79 Å². The lowest BCUT2D eigenvalue weighted by molar-refractivity contribution is 0.0526. The monoisotopic (exact) mass is 256 g/mol. The van der Waals surface area contributed by atoms with Gasteiger partial charge in [-0.15, -0.1) is 0 Å². The average molecular weight is 256 g/mol. The van der Waals surface area contributed by atoms with Gasteiger partial charge in [-0.2, -0.15) is 0 Å². The van der Waals surface area contributed by atoms with Crippen LogP contribution >= 0.6 is 0 Å². The van der Waals surface area contributed by atoms with E-state index >= 15 is 0 Å². The molecule has 1 N–H and O–H groups in total. The molecule has 1 fully saturated rings. The summed E-state index contributed by atoms with van der Waals surface area (Å²) >= 11 is 0. The third-order valence-electron chi connectivity index (χ3n) is 3.27. The minimum atomic E-state index is -0.406. The molecule has 0 bridgehead atoms. The van der Waals surface area contributed by atoms with Crippen LogP contribution in [0.2, 0.25) is 0 Å². The maximum Gasteiger partial charge on any atom is 0.407 e. The molecule has 0 aromatic rings. The van der Waals surface area contributed by atoms with Crippen LogP contribution in [-0.2, 0) is 4.74 Å². The molecule has 4 nitrogen and oxygen atoms in total. The summed E-state index contributed by atoms with van der Waals surface area (Å²) in [5, 5.41) is 2.81. The summed E-state index contributed by atoms with van der Waals surface area (Å²) in [6, 6.07) is 0. The Labute approximate surface area is 111 Å². The summed E-state index contributed by atoms with van der Waals surface area (Å²) in [5.41, 5.74) is -0.406. The van der Waals surface area contributed by atoms with E-state index in [9.17, 15) is 4.79 Å². The molecule has 1 aliphatic heterocycles. The van der Waals surface area contributed by atoms with Gasteiger partial charge in [0.15, 0.2) is 0 Å². The standard InChI is InChI=1S/C14H28N2O2/c1-5-16-10-8-12(11-16)7-6-9-15-13(17)18-14(2,3)4/h12H,5-11H2,1-4H3,(H,15,17). The molecule has 1 atom stereocenters. The summed E-state index contributed by atoms with van der Waals surface area (Å²) in [4.78, 5) is 13.9. The van der Waals surface area contributed by atoms with E-state index in [1.54, 1.807) is 0 Å². The number of carbonyl (C=O) groups is 1. The second kappa shape index (κ2) is 6.98. The van der Waals surface area contributed by atoms with Crippen LogP contribution in [0.5, 0.6) is 0 Å². The normalized spacial score (nSPS) is 21.0. The molecule has 1 aliphatic rings. The Balaban J connectivity index is 2.04. The number of rotatable bonds is 5. The van der Waals surface area contributed by atoms with Crippen molar-refractivity contribution in [3.05, 3.63) is 0 Å². The maximum atomic E-state index is 11.4. The Hall–Kier alpha value is -0.770. The zero-order valence-electron chi connectivity index (χ0n) is 12.3. The molecule has 0 saturated carbocycles. The average Bonchev–Trinajstić information content (AvgIpc) is 2.70. The number of nitrogens with zero attached hydrogens (tertiary/aromatic N) is 1. The topological polar surface area (TPSA) is 41.6 Å². The van der Waals surface area contributed by atoms with E-state index in [1.165, 1.54) is 25.9 Å². The van der Waals surface area contributed by atoms with E-state index in [0.717, 1.165) is 25.4 Å². The molecule has 1 amide bonds.